The van der Waals surface area contributed by atoms with E-state index in [-0.39, 0.29) is 11.6 Å². The van der Waals surface area contributed by atoms with Crippen molar-refractivity contribution in [3.8, 4) is 0 Å². The van der Waals surface area contributed by atoms with Gasteiger partial charge in [-0.25, -0.2) is 4.98 Å². The largest absolute Gasteiger partial charge is 0.411 e. The molecule has 0 unspecified atom stereocenters. The monoisotopic (exact) mass is 334 g/mol. The van der Waals surface area contributed by atoms with Crippen LogP contribution in [0.1, 0.15) is 38.2 Å². The average molecular weight is 334 g/mol. The lowest BCUT2D eigenvalue weighted by atomic mass is 10.1. The van der Waals surface area contributed by atoms with Gasteiger partial charge in [0.25, 0.3) is 5.69 Å². The molecule has 0 aliphatic carbocycles. The molecule has 2 rings (SSSR count). The molecule has 23 heavy (non-hydrogen) atoms. The first kappa shape index (κ1) is 17.0. The van der Waals surface area contributed by atoms with E-state index < -0.39 is 4.92 Å². The Bertz CT molecular complexity index is 740. The molecule has 0 atom stereocenters. The minimum atomic E-state index is -0.408. The molecule has 0 spiro atoms. The van der Waals surface area contributed by atoms with Crippen LogP contribution in [0.25, 0.3) is 0 Å². The average Bonchev–Trinajstić information content (AvgIpc) is 2.85. The molecule has 0 amide bonds. The molecule has 0 aliphatic rings. The zero-order valence-electron chi connectivity index (χ0n) is 13.1. The van der Waals surface area contributed by atoms with Crippen molar-refractivity contribution in [3.05, 3.63) is 45.9 Å². The molecule has 0 fully saturated rings. The fraction of sp³-hybridized carbons (Fsp3) is 0.333. The van der Waals surface area contributed by atoms with Crippen LogP contribution in [0.4, 0.5) is 5.69 Å². The second kappa shape index (κ2) is 7.28. The fourth-order valence-electron chi connectivity index (χ4n) is 2.19. The van der Waals surface area contributed by atoms with E-state index in [9.17, 15) is 10.1 Å². The lowest BCUT2D eigenvalue weighted by Crippen LogP contribution is -2.02. The van der Waals surface area contributed by atoms with Crippen molar-refractivity contribution in [2.75, 3.05) is 0 Å². The summed E-state index contributed by atoms with van der Waals surface area (Å²) in [4.78, 5) is 15.8. The minimum absolute atomic E-state index is 0.0563. The third-order valence-corrected chi connectivity index (χ3v) is 4.37. The summed E-state index contributed by atoms with van der Waals surface area (Å²) in [6.45, 7) is 6.68. The first-order valence-corrected chi connectivity index (χ1v) is 7.99. The van der Waals surface area contributed by atoms with Crippen LogP contribution in [0.2, 0.25) is 0 Å². The van der Waals surface area contributed by atoms with Crippen molar-refractivity contribution in [3.63, 3.8) is 0 Å². The van der Waals surface area contributed by atoms with E-state index >= 15 is 0 Å². The molecule has 0 saturated heterocycles. The molecule has 122 valence electrons. The van der Waals surface area contributed by atoms with Gasteiger partial charge in [-0.1, -0.05) is 36.8 Å². The Balaban J connectivity index is 2.49. The number of benzene rings is 1. The smallest absolute Gasteiger partial charge is 0.270 e. The maximum absolute atomic E-state index is 10.9. The number of oxime groups is 1. The molecule has 1 heterocycles. The van der Waals surface area contributed by atoms with Crippen LogP contribution in [-0.2, 0) is 6.54 Å². The van der Waals surface area contributed by atoms with Gasteiger partial charge < -0.3 is 9.77 Å². The standard InChI is InChI=1S/C15H18N4O3S/c1-4-18-13(9-16-20)17-14(10(2)3)15(18)23-12-7-5-6-11(8-12)19(21)22/h5-10,20H,4H2,1-3H3/b16-9+. The zero-order valence-corrected chi connectivity index (χ0v) is 13.9. The Morgan fingerprint density at radius 3 is 2.83 bits per heavy atom. The first-order chi connectivity index (χ1) is 11.0. The van der Waals surface area contributed by atoms with Gasteiger partial charge in [0.1, 0.15) is 11.2 Å². The molecule has 1 N–H and O–H groups in total. The van der Waals surface area contributed by atoms with E-state index in [4.69, 9.17) is 5.21 Å². The van der Waals surface area contributed by atoms with Gasteiger partial charge in [-0.3, -0.25) is 10.1 Å². The highest BCUT2D eigenvalue weighted by atomic mass is 32.2. The van der Waals surface area contributed by atoms with Crippen molar-refractivity contribution in [2.24, 2.45) is 5.16 Å². The summed E-state index contributed by atoms with van der Waals surface area (Å²) >= 11 is 1.42. The van der Waals surface area contributed by atoms with Crippen LogP contribution in [0.15, 0.2) is 39.3 Å². The lowest BCUT2D eigenvalue weighted by molar-refractivity contribution is -0.385. The van der Waals surface area contributed by atoms with E-state index in [1.807, 2.05) is 31.4 Å². The third kappa shape index (κ3) is 3.70. The van der Waals surface area contributed by atoms with Gasteiger partial charge in [0.2, 0.25) is 0 Å². The summed E-state index contributed by atoms with van der Waals surface area (Å²) in [6, 6.07) is 6.50. The molecule has 8 heteroatoms. The summed E-state index contributed by atoms with van der Waals surface area (Å²) in [6.07, 6.45) is 1.30. The number of nitro groups is 1. The lowest BCUT2D eigenvalue weighted by Gasteiger charge is -2.10. The molecule has 0 bridgehead atoms. The second-order valence-electron chi connectivity index (χ2n) is 5.16. The van der Waals surface area contributed by atoms with Crippen LogP contribution < -0.4 is 0 Å². The van der Waals surface area contributed by atoms with Gasteiger partial charge in [0.05, 0.1) is 10.6 Å². The second-order valence-corrected chi connectivity index (χ2v) is 6.22. The fourth-order valence-corrected chi connectivity index (χ4v) is 3.45. The zero-order chi connectivity index (χ0) is 17.0. The molecule has 7 nitrogen and oxygen atoms in total. The predicted molar refractivity (Wildman–Crippen MR) is 88.6 cm³/mol. The van der Waals surface area contributed by atoms with Crippen LogP contribution in [-0.4, -0.2) is 25.9 Å². The number of rotatable bonds is 6. The number of aromatic nitrogens is 2. The molecule has 0 radical (unpaired) electrons. The van der Waals surface area contributed by atoms with E-state index in [1.54, 1.807) is 12.1 Å². The molecule has 1 aromatic heterocycles. The van der Waals surface area contributed by atoms with E-state index in [0.29, 0.717) is 12.4 Å². The number of non-ortho nitro benzene ring substituents is 1. The Labute approximate surface area is 138 Å². The van der Waals surface area contributed by atoms with Gasteiger partial charge in [-0.05, 0) is 18.9 Å². The summed E-state index contributed by atoms with van der Waals surface area (Å²) in [5.74, 6) is 0.737. The van der Waals surface area contributed by atoms with E-state index in [1.165, 1.54) is 24.0 Å². The van der Waals surface area contributed by atoms with Crippen molar-refractivity contribution in [2.45, 2.75) is 43.2 Å². The van der Waals surface area contributed by atoms with Crippen molar-refractivity contribution in [1.29, 1.82) is 0 Å². The number of nitrogens with zero attached hydrogens (tertiary/aromatic N) is 4. The maximum Gasteiger partial charge on any atom is 0.270 e. The predicted octanol–water partition coefficient (Wildman–Crippen LogP) is 3.89. The summed E-state index contributed by atoms with van der Waals surface area (Å²) in [5, 5.41) is 23.7. The Morgan fingerprint density at radius 2 is 2.26 bits per heavy atom. The highest BCUT2D eigenvalue weighted by Gasteiger charge is 2.19. The van der Waals surface area contributed by atoms with Gasteiger partial charge in [0.15, 0.2) is 5.82 Å². The molecule has 1 aromatic carbocycles. The van der Waals surface area contributed by atoms with Gasteiger partial charge >= 0.3 is 0 Å². The van der Waals surface area contributed by atoms with Crippen LogP contribution in [0, 0.1) is 10.1 Å². The van der Waals surface area contributed by atoms with Crippen LogP contribution in [0.5, 0.6) is 0 Å². The Hall–Kier alpha value is -2.35. The summed E-state index contributed by atoms with van der Waals surface area (Å²) in [5.41, 5.74) is 0.930. The molecule has 0 aliphatic heterocycles. The quantitative estimate of drug-likeness (QED) is 0.374. The number of nitro benzene ring substituents is 1. The van der Waals surface area contributed by atoms with Crippen molar-refractivity contribution < 1.29 is 10.1 Å². The van der Waals surface area contributed by atoms with E-state index in [0.717, 1.165) is 15.6 Å². The van der Waals surface area contributed by atoms with Crippen molar-refractivity contribution in [1.82, 2.24) is 9.55 Å². The number of hydrogen-bond acceptors (Lipinski definition) is 6. The number of imidazole rings is 1. The van der Waals surface area contributed by atoms with Gasteiger partial charge in [-0.2, -0.15) is 0 Å². The van der Waals surface area contributed by atoms with E-state index in [2.05, 4.69) is 10.1 Å². The number of hydrogen-bond donors (Lipinski definition) is 1. The normalized spacial score (nSPS) is 11.5. The maximum atomic E-state index is 10.9. The van der Waals surface area contributed by atoms with Gasteiger partial charge in [-0.15, -0.1) is 0 Å². The Kier molecular flexibility index (Phi) is 5.38. The SMILES string of the molecule is CCn1c(/C=N/O)nc(C(C)C)c1Sc1cccc([N+](=O)[O-])c1. The molecular formula is C15H18N4O3S. The molecule has 2 aromatic rings. The summed E-state index contributed by atoms with van der Waals surface area (Å²) in [7, 11) is 0. The van der Waals surface area contributed by atoms with Gasteiger partial charge in [0, 0.05) is 23.6 Å². The summed E-state index contributed by atoms with van der Waals surface area (Å²) < 4.78 is 1.93. The van der Waals surface area contributed by atoms with Crippen molar-refractivity contribution >= 4 is 23.7 Å². The topological polar surface area (TPSA) is 93.5 Å². The molecular weight excluding hydrogens is 316 g/mol. The minimum Gasteiger partial charge on any atom is -0.411 e. The molecule has 0 saturated carbocycles. The van der Waals surface area contributed by atoms with Crippen LogP contribution >= 0.6 is 11.8 Å². The van der Waals surface area contributed by atoms with Crippen LogP contribution in [0.3, 0.4) is 0 Å². The third-order valence-electron chi connectivity index (χ3n) is 3.26. The highest BCUT2D eigenvalue weighted by Crippen LogP contribution is 2.35. The Morgan fingerprint density at radius 1 is 1.52 bits per heavy atom. The first-order valence-electron chi connectivity index (χ1n) is 7.18. The highest BCUT2D eigenvalue weighted by molar-refractivity contribution is 7.99.